The number of hydrogen-bond donors (Lipinski definition) is 1. The van der Waals surface area contributed by atoms with Crippen molar-refractivity contribution in [2.45, 2.75) is 37.8 Å². The minimum atomic E-state index is -4.26. The first-order chi connectivity index (χ1) is 12.5. The van der Waals surface area contributed by atoms with E-state index in [9.17, 15) is 17.6 Å². The molecule has 0 bridgehead atoms. The molecule has 0 radical (unpaired) electrons. The van der Waals surface area contributed by atoms with Crippen LogP contribution in [0.5, 0.6) is 0 Å². The zero-order chi connectivity index (χ0) is 20.2. The summed E-state index contributed by atoms with van der Waals surface area (Å²) in [6.07, 6.45) is 0. The Kier molecular flexibility index (Phi) is 6.62. The molecule has 0 aliphatic heterocycles. The third-order valence-electron chi connectivity index (χ3n) is 3.59. The summed E-state index contributed by atoms with van der Waals surface area (Å²) in [6, 6.07) is 11.8. The van der Waals surface area contributed by atoms with E-state index in [0.717, 1.165) is 10.4 Å². The number of benzene rings is 2. The van der Waals surface area contributed by atoms with Crippen LogP contribution < -0.4 is 5.32 Å². The number of nitrogens with one attached hydrogen (secondary N) is 1. The quantitative estimate of drug-likeness (QED) is 0.788. The van der Waals surface area contributed by atoms with E-state index in [0.29, 0.717) is 10.6 Å². The Morgan fingerprint density at radius 2 is 1.70 bits per heavy atom. The Hall–Kier alpha value is -1.96. The molecule has 1 amide bonds. The molecule has 146 valence electrons. The first-order valence-electron chi connectivity index (χ1n) is 8.30. The molecule has 0 atom stereocenters. The third-order valence-corrected chi connectivity index (χ3v) is 5.79. The van der Waals surface area contributed by atoms with E-state index in [1.807, 2.05) is 0 Å². The SMILES string of the molecule is CC(C)(C)NC(=O)CN(Cc1ccccc1Cl)S(=O)(=O)c1ccccc1F. The van der Waals surface area contributed by atoms with Crippen LogP contribution in [-0.2, 0) is 21.4 Å². The molecule has 27 heavy (non-hydrogen) atoms. The van der Waals surface area contributed by atoms with Crippen molar-refractivity contribution < 1.29 is 17.6 Å². The summed E-state index contributed by atoms with van der Waals surface area (Å²) in [5.41, 5.74) is -0.0165. The summed E-state index contributed by atoms with van der Waals surface area (Å²) in [7, 11) is -4.26. The second kappa shape index (κ2) is 8.37. The lowest BCUT2D eigenvalue weighted by Gasteiger charge is -2.26. The summed E-state index contributed by atoms with van der Waals surface area (Å²) in [5, 5.41) is 3.08. The molecule has 0 spiro atoms. The fourth-order valence-electron chi connectivity index (χ4n) is 2.45. The molecule has 1 N–H and O–H groups in total. The van der Waals surface area contributed by atoms with Gasteiger partial charge in [0, 0.05) is 17.1 Å². The average molecular weight is 413 g/mol. The minimum absolute atomic E-state index is 0.159. The molecule has 2 rings (SSSR count). The standard InChI is InChI=1S/C19H22ClFN2O3S/c1-19(2,3)22-18(24)13-23(12-14-8-4-5-9-15(14)20)27(25,26)17-11-7-6-10-16(17)21/h4-11H,12-13H2,1-3H3,(H,22,24). The van der Waals surface area contributed by atoms with Crippen LogP contribution in [0.4, 0.5) is 4.39 Å². The highest BCUT2D eigenvalue weighted by atomic mass is 35.5. The number of sulfonamides is 1. The van der Waals surface area contributed by atoms with Crippen molar-refractivity contribution in [3.8, 4) is 0 Å². The minimum Gasteiger partial charge on any atom is -0.350 e. The molecule has 0 saturated heterocycles. The van der Waals surface area contributed by atoms with Crippen molar-refractivity contribution in [2.75, 3.05) is 6.54 Å². The largest absolute Gasteiger partial charge is 0.350 e. The van der Waals surface area contributed by atoms with Gasteiger partial charge >= 0.3 is 0 Å². The van der Waals surface area contributed by atoms with Gasteiger partial charge in [0.1, 0.15) is 10.7 Å². The Bertz CT molecular complexity index is 927. The summed E-state index contributed by atoms with van der Waals surface area (Å²) in [5.74, 6) is -1.37. The van der Waals surface area contributed by atoms with Crippen LogP contribution >= 0.6 is 11.6 Å². The van der Waals surface area contributed by atoms with E-state index in [1.165, 1.54) is 18.2 Å². The molecule has 2 aromatic rings. The van der Waals surface area contributed by atoms with E-state index in [-0.39, 0.29) is 6.54 Å². The number of nitrogens with zero attached hydrogens (tertiary/aromatic N) is 1. The molecule has 5 nitrogen and oxygen atoms in total. The van der Waals surface area contributed by atoms with Gasteiger partial charge in [-0.1, -0.05) is 41.9 Å². The molecule has 0 aliphatic carbocycles. The lowest BCUT2D eigenvalue weighted by molar-refractivity contribution is -0.122. The highest BCUT2D eigenvalue weighted by molar-refractivity contribution is 7.89. The maximum atomic E-state index is 14.1. The molecule has 8 heteroatoms. The Balaban J connectivity index is 2.41. The predicted molar refractivity (Wildman–Crippen MR) is 103 cm³/mol. The van der Waals surface area contributed by atoms with Gasteiger partial charge in [0.05, 0.1) is 6.54 Å². The number of rotatable bonds is 6. The lowest BCUT2D eigenvalue weighted by Crippen LogP contribution is -2.47. The molecule has 2 aromatic carbocycles. The van der Waals surface area contributed by atoms with Crippen molar-refractivity contribution in [2.24, 2.45) is 0 Å². The van der Waals surface area contributed by atoms with Crippen LogP contribution in [0.25, 0.3) is 0 Å². The maximum absolute atomic E-state index is 14.1. The predicted octanol–water partition coefficient (Wildman–Crippen LogP) is 3.58. The number of amides is 1. The molecule has 0 saturated carbocycles. The van der Waals surface area contributed by atoms with E-state index < -0.39 is 38.7 Å². The molecule has 0 heterocycles. The van der Waals surface area contributed by atoms with Gasteiger partial charge in [-0.3, -0.25) is 4.79 Å². The van der Waals surface area contributed by atoms with Gasteiger partial charge in [0.25, 0.3) is 0 Å². The second-order valence-corrected chi connectivity index (χ2v) is 9.41. The van der Waals surface area contributed by atoms with E-state index in [1.54, 1.807) is 45.0 Å². The van der Waals surface area contributed by atoms with Gasteiger partial charge in [0.2, 0.25) is 15.9 Å². The highest BCUT2D eigenvalue weighted by Crippen LogP contribution is 2.24. The monoisotopic (exact) mass is 412 g/mol. The summed E-state index contributed by atoms with van der Waals surface area (Å²) in [6.45, 7) is 4.74. The van der Waals surface area contributed by atoms with Crippen LogP contribution in [0.2, 0.25) is 5.02 Å². The van der Waals surface area contributed by atoms with Gasteiger partial charge in [0.15, 0.2) is 0 Å². The van der Waals surface area contributed by atoms with Gasteiger partial charge in [-0.25, -0.2) is 12.8 Å². The fourth-order valence-corrected chi connectivity index (χ4v) is 4.09. The number of hydrogen-bond acceptors (Lipinski definition) is 3. The maximum Gasteiger partial charge on any atom is 0.246 e. The Morgan fingerprint density at radius 3 is 2.30 bits per heavy atom. The summed E-state index contributed by atoms with van der Waals surface area (Å²) >= 11 is 6.14. The Labute approximate surface area is 164 Å². The van der Waals surface area contributed by atoms with E-state index in [2.05, 4.69) is 5.32 Å². The van der Waals surface area contributed by atoms with Crippen molar-refractivity contribution in [3.63, 3.8) is 0 Å². The van der Waals surface area contributed by atoms with Gasteiger partial charge < -0.3 is 5.32 Å². The fraction of sp³-hybridized carbons (Fsp3) is 0.316. The normalized spacial score (nSPS) is 12.2. The van der Waals surface area contributed by atoms with Crippen LogP contribution in [0.3, 0.4) is 0 Å². The molecular formula is C19H22ClFN2O3S. The van der Waals surface area contributed by atoms with Gasteiger partial charge in [-0.15, -0.1) is 0 Å². The van der Waals surface area contributed by atoms with E-state index >= 15 is 0 Å². The second-order valence-electron chi connectivity index (χ2n) is 7.09. The number of halogens is 2. The number of carbonyl (C=O) groups is 1. The zero-order valence-electron chi connectivity index (χ0n) is 15.4. The molecule has 0 unspecified atom stereocenters. The van der Waals surface area contributed by atoms with Gasteiger partial charge in [-0.2, -0.15) is 4.31 Å². The number of carbonyl (C=O) groups excluding carboxylic acids is 1. The van der Waals surface area contributed by atoms with Crippen LogP contribution in [0, 0.1) is 5.82 Å². The molecule has 0 aliphatic rings. The first-order valence-corrected chi connectivity index (χ1v) is 10.1. The molecule has 0 aromatic heterocycles. The lowest BCUT2D eigenvalue weighted by atomic mass is 10.1. The smallest absolute Gasteiger partial charge is 0.246 e. The van der Waals surface area contributed by atoms with Crippen LogP contribution in [0.1, 0.15) is 26.3 Å². The van der Waals surface area contributed by atoms with E-state index in [4.69, 9.17) is 11.6 Å². The van der Waals surface area contributed by atoms with Gasteiger partial charge in [-0.05, 0) is 44.5 Å². The van der Waals surface area contributed by atoms with Crippen molar-refractivity contribution in [3.05, 3.63) is 64.9 Å². The van der Waals surface area contributed by atoms with Crippen LogP contribution in [-0.4, -0.2) is 30.7 Å². The summed E-state index contributed by atoms with van der Waals surface area (Å²) in [4.78, 5) is 11.9. The van der Waals surface area contributed by atoms with Crippen molar-refractivity contribution in [1.29, 1.82) is 0 Å². The Morgan fingerprint density at radius 1 is 1.11 bits per heavy atom. The van der Waals surface area contributed by atoms with Crippen molar-refractivity contribution >= 4 is 27.5 Å². The summed E-state index contributed by atoms with van der Waals surface area (Å²) < 4.78 is 41.1. The topological polar surface area (TPSA) is 66.5 Å². The zero-order valence-corrected chi connectivity index (χ0v) is 16.9. The highest BCUT2D eigenvalue weighted by Gasteiger charge is 2.30. The van der Waals surface area contributed by atoms with Crippen molar-refractivity contribution in [1.82, 2.24) is 9.62 Å². The molecule has 0 fully saturated rings. The molecular weight excluding hydrogens is 391 g/mol. The third kappa shape index (κ3) is 5.76. The van der Waals surface area contributed by atoms with Crippen LogP contribution in [0.15, 0.2) is 53.4 Å². The first kappa shape index (κ1) is 21.3. The average Bonchev–Trinajstić information content (AvgIpc) is 2.54.